The smallest absolute Gasteiger partial charge is 0.0805 e. The van der Waals surface area contributed by atoms with Crippen LogP contribution in [0.1, 0.15) is 37.9 Å². The first-order valence-corrected chi connectivity index (χ1v) is 6.68. The predicted octanol–water partition coefficient (Wildman–Crippen LogP) is 2.60. The second-order valence-electron chi connectivity index (χ2n) is 4.86. The van der Waals surface area contributed by atoms with Crippen LogP contribution >= 0.6 is 0 Å². The molecular weight excluding hydrogens is 222 g/mol. The molecule has 1 N–H and O–H groups in total. The lowest BCUT2D eigenvalue weighted by Crippen LogP contribution is -2.31. The van der Waals surface area contributed by atoms with Gasteiger partial charge in [-0.05, 0) is 38.3 Å². The number of aliphatic hydroxyl groups excluding tert-OH is 1. The average Bonchev–Trinajstić information content (AvgIpc) is 2.84. The van der Waals surface area contributed by atoms with E-state index in [0.717, 1.165) is 25.1 Å². The van der Waals surface area contributed by atoms with E-state index in [4.69, 9.17) is 0 Å². The molecule has 1 aliphatic heterocycles. The molecule has 0 aromatic heterocycles. The standard InChI is InChI=1S/C16H21NO/c1-2-3-11-17-12-7-10-15(17)13-16(18)14-8-5-4-6-9-14/h4-6,8-9,15-16,18H,7,10-13H2,1H3. The van der Waals surface area contributed by atoms with E-state index in [2.05, 4.69) is 16.7 Å². The fraction of sp³-hybridized carbons (Fsp3) is 0.500. The van der Waals surface area contributed by atoms with Crippen LogP contribution in [0.15, 0.2) is 30.3 Å². The first kappa shape index (κ1) is 13.1. The minimum atomic E-state index is -0.355. The van der Waals surface area contributed by atoms with Crippen molar-refractivity contribution in [2.45, 2.75) is 38.3 Å². The lowest BCUT2D eigenvalue weighted by molar-refractivity contribution is 0.126. The summed E-state index contributed by atoms with van der Waals surface area (Å²) in [5.41, 5.74) is 1.02. The zero-order valence-corrected chi connectivity index (χ0v) is 11.0. The fourth-order valence-corrected chi connectivity index (χ4v) is 2.62. The Morgan fingerprint density at radius 1 is 1.39 bits per heavy atom. The van der Waals surface area contributed by atoms with E-state index in [0.29, 0.717) is 6.04 Å². The molecule has 2 atom stereocenters. The number of benzene rings is 1. The van der Waals surface area contributed by atoms with Gasteiger partial charge in [0.25, 0.3) is 0 Å². The molecule has 1 aromatic rings. The maximum Gasteiger partial charge on any atom is 0.0805 e. The van der Waals surface area contributed by atoms with Gasteiger partial charge < -0.3 is 5.11 Å². The van der Waals surface area contributed by atoms with Crippen molar-refractivity contribution in [1.29, 1.82) is 0 Å². The van der Waals surface area contributed by atoms with Gasteiger partial charge in [0.1, 0.15) is 0 Å². The Morgan fingerprint density at radius 2 is 2.17 bits per heavy atom. The predicted molar refractivity (Wildman–Crippen MR) is 74.1 cm³/mol. The minimum absolute atomic E-state index is 0.355. The SMILES string of the molecule is CC#CCN1CCCC1CC(O)c1ccccc1. The number of aliphatic hydroxyl groups is 1. The molecule has 2 heteroatoms. The molecule has 0 bridgehead atoms. The number of hydrogen-bond acceptors (Lipinski definition) is 2. The second kappa shape index (κ2) is 6.58. The topological polar surface area (TPSA) is 23.5 Å². The molecule has 0 spiro atoms. The third-order valence-electron chi connectivity index (χ3n) is 3.64. The Bertz CT molecular complexity index is 418. The van der Waals surface area contributed by atoms with E-state index in [1.54, 1.807) is 0 Å². The Balaban J connectivity index is 1.93. The molecule has 0 saturated carbocycles. The number of nitrogens with zero attached hydrogens (tertiary/aromatic N) is 1. The first-order valence-electron chi connectivity index (χ1n) is 6.68. The van der Waals surface area contributed by atoms with Crippen LogP contribution in [0.5, 0.6) is 0 Å². The van der Waals surface area contributed by atoms with Gasteiger partial charge in [0, 0.05) is 6.04 Å². The summed E-state index contributed by atoms with van der Waals surface area (Å²) in [5.74, 6) is 6.07. The van der Waals surface area contributed by atoms with Crippen molar-refractivity contribution >= 4 is 0 Å². The van der Waals surface area contributed by atoms with Gasteiger partial charge in [-0.3, -0.25) is 4.90 Å². The van der Waals surface area contributed by atoms with Gasteiger partial charge in [0.15, 0.2) is 0 Å². The lowest BCUT2D eigenvalue weighted by atomic mass is 10.0. The van der Waals surface area contributed by atoms with Gasteiger partial charge in [-0.25, -0.2) is 0 Å². The average molecular weight is 243 g/mol. The summed E-state index contributed by atoms with van der Waals surface area (Å²) in [5, 5.41) is 10.3. The Hall–Kier alpha value is -1.30. The van der Waals surface area contributed by atoms with Crippen molar-refractivity contribution in [2.75, 3.05) is 13.1 Å². The Morgan fingerprint density at radius 3 is 2.89 bits per heavy atom. The van der Waals surface area contributed by atoms with Crippen molar-refractivity contribution in [2.24, 2.45) is 0 Å². The van der Waals surface area contributed by atoms with E-state index in [1.807, 2.05) is 37.3 Å². The van der Waals surface area contributed by atoms with Gasteiger partial charge in [0.2, 0.25) is 0 Å². The molecule has 2 rings (SSSR count). The van der Waals surface area contributed by atoms with Gasteiger partial charge in [0.05, 0.1) is 12.6 Å². The highest BCUT2D eigenvalue weighted by molar-refractivity contribution is 5.17. The van der Waals surface area contributed by atoms with Crippen molar-refractivity contribution in [3.05, 3.63) is 35.9 Å². The maximum atomic E-state index is 10.3. The number of rotatable bonds is 4. The quantitative estimate of drug-likeness (QED) is 0.822. The summed E-state index contributed by atoms with van der Waals surface area (Å²) >= 11 is 0. The molecular formula is C16H21NO. The first-order chi connectivity index (χ1) is 8.81. The summed E-state index contributed by atoms with van der Waals surface area (Å²) in [6, 6.07) is 10.4. The number of hydrogen-bond donors (Lipinski definition) is 1. The maximum absolute atomic E-state index is 10.3. The molecule has 0 radical (unpaired) electrons. The summed E-state index contributed by atoms with van der Waals surface area (Å²) in [6.45, 7) is 3.83. The molecule has 2 unspecified atom stereocenters. The molecule has 1 aromatic carbocycles. The zero-order chi connectivity index (χ0) is 12.8. The molecule has 1 saturated heterocycles. The van der Waals surface area contributed by atoms with E-state index < -0.39 is 0 Å². The number of likely N-dealkylation sites (tertiary alicyclic amines) is 1. The van der Waals surface area contributed by atoms with Crippen LogP contribution in [0, 0.1) is 11.8 Å². The summed E-state index contributed by atoms with van der Waals surface area (Å²) in [6.07, 6.45) is 2.86. The van der Waals surface area contributed by atoms with E-state index in [9.17, 15) is 5.11 Å². The van der Waals surface area contributed by atoms with Crippen molar-refractivity contribution < 1.29 is 5.11 Å². The molecule has 18 heavy (non-hydrogen) atoms. The molecule has 2 nitrogen and oxygen atoms in total. The van der Waals surface area contributed by atoms with E-state index >= 15 is 0 Å². The van der Waals surface area contributed by atoms with E-state index in [1.165, 1.54) is 12.8 Å². The minimum Gasteiger partial charge on any atom is -0.388 e. The normalized spacial score (nSPS) is 21.3. The molecule has 0 amide bonds. The lowest BCUT2D eigenvalue weighted by Gasteiger charge is -2.24. The van der Waals surface area contributed by atoms with Crippen LogP contribution in [0.4, 0.5) is 0 Å². The molecule has 96 valence electrons. The van der Waals surface area contributed by atoms with E-state index in [-0.39, 0.29) is 6.10 Å². The molecule has 1 fully saturated rings. The fourth-order valence-electron chi connectivity index (χ4n) is 2.62. The van der Waals surface area contributed by atoms with Gasteiger partial charge in [-0.15, -0.1) is 5.92 Å². The van der Waals surface area contributed by atoms with Gasteiger partial charge in [-0.2, -0.15) is 0 Å². The largest absolute Gasteiger partial charge is 0.388 e. The van der Waals surface area contributed by atoms with Gasteiger partial charge >= 0.3 is 0 Å². The molecule has 0 aliphatic carbocycles. The molecule has 1 heterocycles. The Labute approximate surface area is 110 Å². The van der Waals surface area contributed by atoms with Crippen LogP contribution in [-0.2, 0) is 0 Å². The highest BCUT2D eigenvalue weighted by Gasteiger charge is 2.26. The Kier molecular flexibility index (Phi) is 4.81. The van der Waals surface area contributed by atoms with Crippen molar-refractivity contribution in [3.8, 4) is 11.8 Å². The van der Waals surface area contributed by atoms with Crippen molar-refractivity contribution in [1.82, 2.24) is 4.90 Å². The van der Waals surface area contributed by atoms with Gasteiger partial charge in [-0.1, -0.05) is 36.3 Å². The van der Waals surface area contributed by atoms with Crippen LogP contribution in [0.2, 0.25) is 0 Å². The van der Waals surface area contributed by atoms with Crippen LogP contribution < -0.4 is 0 Å². The zero-order valence-electron chi connectivity index (χ0n) is 11.0. The monoisotopic (exact) mass is 243 g/mol. The summed E-state index contributed by atoms with van der Waals surface area (Å²) < 4.78 is 0. The summed E-state index contributed by atoms with van der Waals surface area (Å²) in [7, 11) is 0. The summed E-state index contributed by atoms with van der Waals surface area (Å²) in [4.78, 5) is 2.39. The third-order valence-corrected chi connectivity index (χ3v) is 3.64. The second-order valence-corrected chi connectivity index (χ2v) is 4.86. The highest BCUT2D eigenvalue weighted by atomic mass is 16.3. The van der Waals surface area contributed by atoms with Crippen LogP contribution in [-0.4, -0.2) is 29.1 Å². The molecule has 1 aliphatic rings. The van der Waals surface area contributed by atoms with Crippen molar-refractivity contribution in [3.63, 3.8) is 0 Å². The highest BCUT2D eigenvalue weighted by Crippen LogP contribution is 2.26. The van der Waals surface area contributed by atoms with Crippen LogP contribution in [0.3, 0.4) is 0 Å². The third kappa shape index (κ3) is 3.35. The van der Waals surface area contributed by atoms with Crippen LogP contribution in [0.25, 0.3) is 0 Å².